The maximum atomic E-state index is 9.94. The molecule has 0 spiro atoms. The minimum atomic E-state index is 0.224. The maximum Gasteiger partial charge on any atom is 0.123 e. The zero-order valence-electron chi connectivity index (χ0n) is 11.1. The fourth-order valence-electron chi connectivity index (χ4n) is 3.20. The molecule has 0 aliphatic heterocycles. The van der Waals surface area contributed by atoms with Crippen molar-refractivity contribution in [2.45, 2.75) is 27.2 Å². The zero-order chi connectivity index (χ0) is 12.9. The van der Waals surface area contributed by atoms with Crippen LogP contribution in [0.1, 0.15) is 31.9 Å². The van der Waals surface area contributed by atoms with Gasteiger partial charge in [0.1, 0.15) is 5.75 Å². The lowest BCUT2D eigenvalue weighted by Crippen LogP contribution is -2.17. The van der Waals surface area contributed by atoms with Gasteiger partial charge in [-0.2, -0.15) is 0 Å². The maximum absolute atomic E-state index is 9.94. The van der Waals surface area contributed by atoms with Crippen LogP contribution in [-0.4, -0.2) is 5.11 Å². The summed E-state index contributed by atoms with van der Waals surface area (Å²) in [5.74, 6) is 0.368. The number of phenols is 1. The predicted molar refractivity (Wildman–Crippen MR) is 76.7 cm³/mol. The summed E-state index contributed by atoms with van der Waals surface area (Å²) < 4.78 is 0. The summed E-state index contributed by atoms with van der Waals surface area (Å²) in [6.07, 6.45) is 3.41. The quantitative estimate of drug-likeness (QED) is 0.715. The van der Waals surface area contributed by atoms with Crippen molar-refractivity contribution in [3.05, 3.63) is 47.5 Å². The van der Waals surface area contributed by atoms with E-state index in [1.165, 1.54) is 16.7 Å². The number of hydrogen-bond donors (Lipinski definition) is 1. The first-order valence-electron chi connectivity index (χ1n) is 6.41. The van der Waals surface area contributed by atoms with E-state index in [2.05, 4.69) is 39.0 Å². The minimum Gasteiger partial charge on any atom is -0.507 e. The molecule has 0 radical (unpaired) electrons. The molecule has 1 nitrogen and oxygen atoms in total. The van der Waals surface area contributed by atoms with Crippen molar-refractivity contribution in [1.82, 2.24) is 0 Å². The second-order valence-electron chi connectivity index (χ2n) is 5.96. The molecule has 3 rings (SSSR count). The van der Waals surface area contributed by atoms with Crippen LogP contribution in [0.2, 0.25) is 0 Å². The van der Waals surface area contributed by atoms with E-state index in [4.69, 9.17) is 0 Å². The smallest absolute Gasteiger partial charge is 0.123 e. The molecule has 0 unspecified atom stereocenters. The minimum absolute atomic E-state index is 0.224. The Balaban J connectivity index is 2.37. The molecule has 1 aliphatic rings. The Morgan fingerprint density at radius 2 is 1.83 bits per heavy atom. The van der Waals surface area contributed by atoms with E-state index < -0.39 is 0 Å². The summed E-state index contributed by atoms with van der Waals surface area (Å²) >= 11 is 0. The monoisotopic (exact) mass is 238 g/mol. The SMILES string of the molecule is CC1=CC(C)(C)Cc2ccc3c(O)cccc3c21. The van der Waals surface area contributed by atoms with Crippen molar-refractivity contribution in [2.75, 3.05) is 0 Å². The Labute approximate surface area is 108 Å². The van der Waals surface area contributed by atoms with Crippen LogP contribution in [-0.2, 0) is 6.42 Å². The lowest BCUT2D eigenvalue weighted by molar-refractivity contribution is 0.472. The molecule has 2 aromatic carbocycles. The van der Waals surface area contributed by atoms with Gasteiger partial charge < -0.3 is 5.11 Å². The first-order chi connectivity index (χ1) is 8.48. The van der Waals surface area contributed by atoms with E-state index in [1.807, 2.05) is 12.1 Å². The lowest BCUT2D eigenvalue weighted by Gasteiger charge is -2.29. The third-order valence-electron chi connectivity index (χ3n) is 3.77. The lowest BCUT2D eigenvalue weighted by atomic mass is 9.75. The summed E-state index contributed by atoms with van der Waals surface area (Å²) in [5.41, 5.74) is 4.24. The van der Waals surface area contributed by atoms with Gasteiger partial charge in [-0.05, 0) is 46.9 Å². The Kier molecular flexibility index (Phi) is 2.28. The van der Waals surface area contributed by atoms with E-state index >= 15 is 0 Å². The Morgan fingerprint density at radius 1 is 1.06 bits per heavy atom. The normalized spacial score (nSPS) is 17.4. The van der Waals surface area contributed by atoms with E-state index in [-0.39, 0.29) is 5.41 Å². The molecule has 0 aromatic heterocycles. The van der Waals surface area contributed by atoms with Gasteiger partial charge in [-0.3, -0.25) is 0 Å². The van der Waals surface area contributed by atoms with E-state index in [9.17, 15) is 5.11 Å². The fraction of sp³-hybridized carbons (Fsp3) is 0.294. The topological polar surface area (TPSA) is 20.2 Å². The average Bonchev–Trinajstić information content (AvgIpc) is 2.26. The summed E-state index contributed by atoms with van der Waals surface area (Å²) in [6.45, 7) is 6.71. The fourth-order valence-corrected chi connectivity index (χ4v) is 3.20. The molecule has 0 amide bonds. The van der Waals surface area contributed by atoms with Crippen molar-refractivity contribution in [2.24, 2.45) is 5.41 Å². The number of benzene rings is 2. The van der Waals surface area contributed by atoms with Gasteiger partial charge in [0.2, 0.25) is 0 Å². The molecule has 18 heavy (non-hydrogen) atoms. The third-order valence-corrected chi connectivity index (χ3v) is 3.77. The molecule has 1 N–H and O–H groups in total. The second-order valence-corrected chi connectivity index (χ2v) is 5.96. The van der Waals surface area contributed by atoms with Crippen LogP contribution in [0.5, 0.6) is 5.75 Å². The molecular formula is C17H18O. The van der Waals surface area contributed by atoms with E-state index in [0.717, 1.165) is 17.2 Å². The number of fused-ring (bicyclic) bond motifs is 3. The molecule has 0 heterocycles. The highest BCUT2D eigenvalue weighted by Crippen LogP contribution is 2.41. The average molecular weight is 238 g/mol. The Morgan fingerprint density at radius 3 is 2.61 bits per heavy atom. The van der Waals surface area contributed by atoms with E-state index in [0.29, 0.717) is 5.75 Å². The molecular weight excluding hydrogens is 220 g/mol. The number of allylic oxidation sites excluding steroid dienone is 2. The summed E-state index contributed by atoms with van der Waals surface area (Å²) in [4.78, 5) is 0. The molecule has 0 atom stereocenters. The summed E-state index contributed by atoms with van der Waals surface area (Å²) in [5, 5.41) is 12.1. The second kappa shape index (κ2) is 3.61. The highest BCUT2D eigenvalue weighted by molar-refractivity contribution is 5.98. The van der Waals surface area contributed by atoms with Gasteiger partial charge in [-0.1, -0.05) is 44.2 Å². The molecule has 0 saturated carbocycles. The van der Waals surface area contributed by atoms with Crippen LogP contribution in [0.4, 0.5) is 0 Å². The van der Waals surface area contributed by atoms with Gasteiger partial charge in [0.05, 0.1) is 0 Å². The van der Waals surface area contributed by atoms with Crippen molar-refractivity contribution >= 4 is 16.3 Å². The van der Waals surface area contributed by atoms with Gasteiger partial charge in [0.25, 0.3) is 0 Å². The number of hydrogen-bond acceptors (Lipinski definition) is 1. The first kappa shape index (κ1) is 11.3. The van der Waals surface area contributed by atoms with Gasteiger partial charge in [0, 0.05) is 5.39 Å². The number of phenolic OH excluding ortho intramolecular Hbond substituents is 1. The summed E-state index contributed by atoms with van der Waals surface area (Å²) in [7, 11) is 0. The summed E-state index contributed by atoms with van der Waals surface area (Å²) in [6, 6.07) is 9.98. The molecule has 0 saturated heterocycles. The number of aromatic hydroxyl groups is 1. The predicted octanol–water partition coefficient (Wildman–Crippen LogP) is 4.53. The highest BCUT2D eigenvalue weighted by atomic mass is 16.3. The van der Waals surface area contributed by atoms with Gasteiger partial charge in [0.15, 0.2) is 0 Å². The molecule has 1 aliphatic carbocycles. The molecule has 92 valence electrons. The van der Waals surface area contributed by atoms with Crippen LogP contribution in [0.25, 0.3) is 16.3 Å². The van der Waals surface area contributed by atoms with Crippen LogP contribution in [0, 0.1) is 5.41 Å². The van der Waals surface area contributed by atoms with E-state index in [1.54, 1.807) is 6.07 Å². The van der Waals surface area contributed by atoms with Crippen LogP contribution in [0.3, 0.4) is 0 Å². The van der Waals surface area contributed by atoms with Crippen molar-refractivity contribution in [3.8, 4) is 5.75 Å². The molecule has 0 bridgehead atoms. The Bertz CT molecular complexity index is 663. The number of rotatable bonds is 0. The third kappa shape index (κ3) is 1.62. The van der Waals surface area contributed by atoms with Crippen molar-refractivity contribution in [3.63, 3.8) is 0 Å². The van der Waals surface area contributed by atoms with Crippen LogP contribution >= 0.6 is 0 Å². The van der Waals surface area contributed by atoms with Gasteiger partial charge in [-0.25, -0.2) is 0 Å². The molecule has 1 heteroatoms. The van der Waals surface area contributed by atoms with Gasteiger partial charge in [-0.15, -0.1) is 0 Å². The zero-order valence-corrected chi connectivity index (χ0v) is 11.1. The first-order valence-corrected chi connectivity index (χ1v) is 6.41. The molecule has 0 fully saturated rings. The van der Waals surface area contributed by atoms with Gasteiger partial charge >= 0.3 is 0 Å². The highest BCUT2D eigenvalue weighted by Gasteiger charge is 2.24. The van der Waals surface area contributed by atoms with Crippen LogP contribution in [0.15, 0.2) is 36.4 Å². The standard InChI is InChI=1S/C17H18O/c1-11-9-17(2,3)10-12-7-8-13-14(16(11)12)5-4-6-15(13)18/h4-9,18H,10H2,1-3H3. The van der Waals surface area contributed by atoms with Crippen molar-refractivity contribution in [1.29, 1.82) is 0 Å². The largest absolute Gasteiger partial charge is 0.507 e. The Hall–Kier alpha value is -1.76. The van der Waals surface area contributed by atoms with Crippen molar-refractivity contribution < 1.29 is 5.11 Å². The van der Waals surface area contributed by atoms with Crippen LogP contribution < -0.4 is 0 Å². The molecule has 2 aromatic rings.